The highest BCUT2D eigenvalue weighted by Crippen LogP contribution is 2.28. The normalized spacial score (nSPS) is 20.0. The molecule has 0 fully saturated rings. The van der Waals surface area contributed by atoms with Gasteiger partial charge in [0, 0.05) is 30.8 Å². The molecule has 0 saturated carbocycles. The maximum atomic E-state index is 13.8. The van der Waals surface area contributed by atoms with Crippen molar-refractivity contribution in [3.05, 3.63) is 47.9 Å². The predicted octanol–water partition coefficient (Wildman–Crippen LogP) is 2.56. The van der Waals surface area contributed by atoms with Gasteiger partial charge >= 0.3 is 0 Å². The summed E-state index contributed by atoms with van der Waals surface area (Å²) < 4.78 is 15.5. The van der Waals surface area contributed by atoms with E-state index in [-0.39, 0.29) is 18.1 Å². The van der Waals surface area contributed by atoms with Crippen LogP contribution < -0.4 is 5.32 Å². The maximum Gasteiger partial charge on any atom is 0.272 e. The average Bonchev–Trinajstić information content (AvgIpc) is 3.15. The van der Waals surface area contributed by atoms with E-state index in [2.05, 4.69) is 15.6 Å². The lowest BCUT2D eigenvalue weighted by Gasteiger charge is -2.19. The van der Waals surface area contributed by atoms with Gasteiger partial charge in [0.05, 0.1) is 5.71 Å². The van der Waals surface area contributed by atoms with E-state index in [4.69, 9.17) is 4.84 Å². The maximum absolute atomic E-state index is 13.8. The summed E-state index contributed by atoms with van der Waals surface area (Å²) in [5.74, 6) is -0.309. The molecule has 0 radical (unpaired) electrons. The molecule has 0 saturated heterocycles. The molecule has 3 rings (SSSR count). The van der Waals surface area contributed by atoms with Crippen LogP contribution in [0.2, 0.25) is 0 Å². The summed E-state index contributed by atoms with van der Waals surface area (Å²) >= 11 is 0. The van der Waals surface area contributed by atoms with Gasteiger partial charge in [-0.2, -0.15) is 5.10 Å². The van der Waals surface area contributed by atoms with E-state index in [9.17, 15) is 9.18 Å². The van der Waals surface area contributed by atoms with E-state index >= 15 is 0 Å². The fourth-order valence-corrected chi connectivity index (χ4v) is 2.35. The number of benzene rings is 1. The smallest absolute Gasteiger partial charge is 0.272 e. The van der Waals surface area contributed by atoms with Crippen molar-refractivity contribution < 1.29 is 14.0 Å². The van der Waals surface area contributed by atoms with Crippen molar-refractivity contribution in [2.24, 2.45) is 5.16 Å². The van der Waals surface area contributed by atoms with Crippen LogP contribution in [0.5, 0.6) is 0 Å². The van der Waals surface area contributed by atoms with E-state index in [0.29, 0.717) is 23.6 Å². The minimum Gasteiger partial charge on any atom is -0.379 e. The molecule has 7 heteroatoms. The van der Waals surface area contributed by atoms with Crippen molar-refractivity contribution >= 4 is 17.4 Å². The van der Waals surface area contributed by atoms with E-state index in [1.165, 1.54) is 6.07 Å². The molecule has 0 bridgehead atoms. The number of carbonyl (C=O) groups excluding carboxylic acids is 1. The van der Waals surface area contributed by atoms with Crippen LogP contribution in [0.25, 0.3) is 0 Å². The molecule has 1 amide bonds. The third-order valence-corrected chi connectivity index (χ3v) is 3.73. The van der Waals surface area contributed by atoms with Crippen LogP contribution in [0.15, 0.2) is 41.7 Å². The second-order valence-corrected chi connectivity index (χ2v) is 5.53. The molecule has 1 unspecified atom stereocenters. The number of aryl methyl sites for hydroxylation is 1. The Morgan fingerprint density at radius 3 is 2.91 bits per heavy atom. The van der Waals surface area contributed by atoms with Gasteiger partial charge in [-0.25, -0.2) is 4.39 Å². The molecule has 2 aromatic rings. The Morgan fingerprint density at radius 2 is 2.22 bits per heavy atom. The molecular formula is C16H17FN4O2. The van der Waals surface area contributed by atoms with Gasteiger partial charge in [0.2, 0.25) is 5.60 Å². The summed E-state index contributed by atoms with van der Waals surface area (Å²) in [5, 5.41) is 10.8. The van der Waals surface area contributed by atoms with Gasteiger partial charge in [0.1, 0.15) is 5.82 Å². The fourth-order valence-electron chi connectivity index (χ4n) is 2.35. The van der Waals surface area contributed by atoms with Crippen molar-refractivity contribution in [2.45, 2.75) is 32.4 Å². The Morgan fingerprint density at radius 1 is 1.43 bits per heavy atom. The fraction of sp³-hybridized carbons (Fsp3) is 0.312. The molecule has 23 heavy (non-hydrogen) atoms. The number of halogens is 1. The second kappa shape index (κ2) is 5.83. The van der Waals surface area contributed by atoms with Crippen molar-refractivity contribution in [3.8, 4) is 0 Å². The third kappa shape index (κ3) is 2.94. The monoisotopic (exact) mass is 316 g/mol. The van der Waals surface area contributed by atoms with E-state index in [0.717, 1.165) is 0 Å². The highest BCUT2D eigenvalue weighted by atomic mass is 19.1. The molecule has 1 aromatic heterocycles. The average molecular weight is 316 g/mol. The zero-order valence-electron chi connectivity index (χ0n) is 12.9. The van der Waals surface area contributed by atoms with Gasteiger partial charge in [-0.1, -0.05) is 23.4 Å². The van der Waals surface area contributed by atoms with Crippen LogP contribution in [-0.4, -0.2) is 27.0 Å². The van der Waals surface area contributed by atoms with Gasteiger partial charge in [0.15, 0.2) is 5.82 Å². The second-order valence-electron chi connectivity index (χ2n) is 5.53. The van der Waals surface area contributed by atoms with Crippen LogP contribution in [0.3, 0.4) is 0 Å². The van der Waals surface area contributed by atoms with Crippen LogP contribution in [0.1, 0.15) is 25.8 Å². The Labute approximate surface area is 132 Å². The molecule has 0 aliphatic carbocycles. The lowest BCUT2D eigenvalue weighted by atomic mass is 9.95. The minimum absolute atomic E-state index is 0.189. The number of oxime groups is 1. The number of hydrogen-bond donors (Lipinski definition) is 1. The molecule has 0 spiro atoms. The first kappa shape index (κ1) is 15.2. The van der Waals surface area contributed by atoms with Gasteiger partial charge in [0.25, 0.3) is 5.91 Å². The van der Waals surface area contributed by atoms with Gasteiger partial charge in [-0.05, 0) is 19.9 Å². The molecule has 6 nitrogen and oxygen atoms in total. The minimum atomic E-state index is -1.19. The van der Waals surface area contributed by atoms with E-state index in [1.807, 2.05) is 6.92 Å². The van der Waals surface area contributed by atoms with Crippen LogP contribution in [0.4, 0.5) is 10.2 Å². The highest BCUT2D eigenvalue weighted by Gasteiger charge is 2.43. The number of nitrogens with zero attached hydrogens (tertiary/aromatic N) is 3. The number of amides is 1. The summed E-state index contributed by atoms with van der Waals surface area (Å²) in [6.45, 7) is 4.29. The summed E-state index contributed by atoms with van der Waals surface area (Å²) in [6, 6.07) is 7.99. The molecule has 1 aliphatic rings. The van der Waals surface area contributed by atoms with E-state index < -0.39 is 5.60 Å². The number of nitrogens with one attached hydrogen (secondary N) is 1. The Hall–Kier alpha value is -2.70. The first-order valence-corrected chi connectivity index (χ1v) is 7.37. The Bertz CT molecular complexity index is 771. The number of aromatic nitrogens is 2. The van der Waals surface area contributed by atoms with Gasteiger partial charge in [-0.3, -0.25) is 9.48 Å². The standard InChI is InChI=1S/C16H17FN4O2/c1-3-21-9-8-14(19-21)18-15(22)16(2)10-13(20-23-16)11-6-4-5-7-12(11)17/h4-9H,3,10H2,1-2H3,(H,18,19,22). The zero-order valence-corrected chi connectivity index (χ0v) is 12.9. The summed E-state index contributed by atoms with van der Waals surface area (Å²) in [6.07, 6.45) is 1.96. The quantitative estimate of drug-likeness (QED) is 0.942. The third-order valence-electron chi connectivity index (χ3n) is 3.73. The lowest BCUT2D eigenvalue weighted by Crippen LogP contribution is -2.40. The van der Waals surface area contributed by atoms with Crippen molar-refractivity contribution in [3.63, 3.8) is 0 Å². The number of rotatable bonds is 4. The molecule has 1 atom stereocenters. The molecular weight excluding hydrogens is 299 g/mol. The van der Waals surface area contributed by atoms with Gasteiger partial charge in [-0.15, -0.1) is 0 Å². The van der Waals surface area contributed by atoms with E-state index in [1.54, 1.807) is 42.1 Å². The van der Waals surface area contributed by atoms with Crippen LogP contribution in [-0.2, 0) is 16.2 Å². The number of anilines is 1. The summed E-state index contributed by atoms with van der Waals surface area (Å²) in [7, 11) is 0. The lowest BCUT2D eigenvalue weighted by molar-refractivity contribution is -0.135. The van der Waals surface area contributed by atoms with Crippen LogP contribution >= 0.6 is 0 Å². The van der Waals surface area contributed by atoms with Crippen molar-refractivity contribution in [2.75, 3.05) is 5.32 Å². The molecule has 120 valence electrons. The Kier molecular flexibility index (Phi) is 3.85. The molecule has 2 heterocycles. The topological polar surface area (TPSA) is 68.5 Å². The first-order chi connectivity index (χ1) is 11.0. The first-order valence-electron chi connectivity index (χ1n) is 7.37. The van der Waals surface area contributed by atoms with Crippen molar-refractivity contribution in [1.29, 1.82) is 0 Å². The van der Waals surface area contributed by atoms with Crippen molar-refractivity contribution in [1.82, 2.24) is 9.78 Å². The zero-order chi connectivity index (χ0) is 16.4. The largest absolute Gasteiger partial charge is 0.379 e. The predicted molar refractivity (Wildman–Crippen MR) is 83.6 cm³/mol. The number of carbonyl (C=O) groups is 1. The summed E-state index contributed by atoms with van der Waals surface area (Å²) in [4.78, 5) is 17.7. The Balaban J connectivity index is 1.72. The summed E-state index contributed by atoms with van der Waals surface area (Å²) in [5.41, 5.74) is -0.424. The number of hydrogen-bond acceptors (Lipinski definition) is 4. The molecule has 1 aromatic carbocycles. The molecule has 1 aliphatic heterocycles. The molecule has 1 N–H and O–H groups in total. The van der Waals surface area contributed by atoms with Crippen LogP contribution in [0, 0.1) is 5.82 Å². The highest BCUT2D eigenvalue weighted by molar-refractivity contribution is 6.07. The SMILES string of the molecule is CCn1ccc(NC(=O)C2(C)CC(c3ccccc3F)=NO2)n1. The van der Waals surface area contributed by atoms with Gasteiger partial charge < -0.3 is 10.2 Å².